The lowest BCUT2D eigenvalue weighted by molar-refractivity contribution is -0.314. The predicted molar refractivity (Wildman–Crippen MR) is 59.0 cm³/mol. The second-order valence-electron chi connectivity index (χ2n) is 5.41. The highest BCUT2D eigenvalue weighted by Crippen LogP contribution is 2.21. The van der Waals surface area contributed by atoms with Gasteiger partial charge in [0.1, 0.15) is 5.60 Å². The Labute approximate surface area is 101 Å². The summed E-state index contributed by atoms with van der Waals surface area (Å²) in [6, 6.07) is 0. The third-order valence-corrected chi connectivity index (χ3v) is 2.71. The highest BCUT2D eigenvalue weighted by atomic mass is 16.6. The molecule has 0 unspecified atom stereocenters. The summed E-state index contributed by atoms with van der Waals surface area (Å²) in [5, 5.41) is 10.8. The SMILES string of the molecule is CC(C)(C)OC(=O)N1CCC(N)(C(=O)[O-])CC1. The van der Waals surface area contributed by atoms with Crippen molar-refractivity contribution in [3.8, 4) is 0 Å². The van der Waals surface area contributed by atoms with E-state index in [1.165, 1.54) is 4.90 Å². The summed E-state index contributed by atoms with van der Waals surface area (Å²) < 4.78 is 5.19. The molecule has 1 fully saturated rings. The molecular weight excluding hydrogens is 224 g/mol. The maximum absolute atomic E-state index is 11.7. The highest BCUT2D eigenvalue weighted by molar-refractivity contribution is 5.77. The molecule has 1 heterocycles. The van der Waals surface area contributed by atoms with Gasteiger partial charge in [0.2, 0.25) is 0 Å². The molecule has 98 valence electrons. The second-order valence-corrected chi connectivity index (χ2v) is 5.41. The van der Waals surface area contributed by atoms with Crippen molar-refractivity contribution in [2.45, 2.75) is 44.8 Å². The average molecular weight is 243 g/mol. The summed E-state index contributed by atoms with van der Waals surface area (Å²) in [5.74, 6) is -1.26. The first-order valence-corrected chi connectivity index (χ1v) is 5.62. The number of amides is 1. The quantitative estimate of drug-likeness (QED) is 0.667. The van der Waals surface area contributed by atoms with Gasteiger partial charge in [0.05, 0.1) is 11.5 Å². The van der Waals surface area contributed by atoms with Crippen LogP contribution in [0.5, 0.6) is 0 Å². The number of nitrogens with zero attached hydrogens (tertiary/aromatic N) is 1. The lowest BCUT2D eigenvalue weighted by atomic mass is 9.89. The van der Waals surface area contributed by atoms with Gasteiger partial charge < -0.3 is 25.3 Å². The lowest BCUT2D eigenvalue weighted by Gasteiger charge is -2.39. The van der Waals surface area contributed by atoms with Crippen molar-refractivity contribution in [2.75, 3.05) is 13.1 Å². The molecule has 1 aliphatic rings. The van der Waals surface area contributed by atoms with Crippen LogP contribution in [0.25, 0.3) is 0 Å². The monoisotopic (exact) mass is 243 g/mol. The van der Waals surface area contributed by atoms with E-state index in [1.54, 1.807) is 20.8 Å². The van der Waals surface area contributed by atoms with Crippen molar-refractivity contribution in [1.29, 1.82) is 0 Å². The van der Waals surface area contributed by atoms with Crippen LogP contribution in [0.15, 0.2) is 0 Å². The first-order valence-electron chi connectivity index (χ1n) is 5.62. The molecule has 0 aromatic carbocycles. The van der Waals surface area contributed by atoms with Gasteiger partial charge in [-0.05, 0) is 33.6 Å². The van der Waals surface area contributed by atoms with Crippen LogP contribution < -0.4 is 10.8 Å². The van der Waals surface area contributed by atoms with Gasteiger partial charge in [-0.25, -0.2) is 4.79 Å². The number of nitrogens with two attached hydrogens (primary N) is 1. The van der Waals surface area contributed by atoms with Gasteiger partial charge in [-0.15, -0.1) is 0 Å². The molecule has 1 amide bonds. The molecule has 17 heavy (non-hydrogen) atoms. The maximum Gasteiger partial charge on any atom is 0.410 e. The molecule has 1 saturated heterocycles. The van der Waals surface area contributed by atoms with Crippen LogP contribution in [0, 0.1) is 0 Å². The molecule has 0 saturated carbocycles. The number of carboxylic acids is 1. The summed E-state index contributed by atoms with van der Waals surface area (Å²) in [6.07, 6.45) is -0.0544. The summed E-state index contributed by atoms with van der Waals surface area (Å²) in [4.78, 5) is 24.0. The van der Waals surface area contributed by atoms with E-state index < -0.39 is 23.2 Å². The lowest BCUT2D eigenvalue weighted by Crippen LogP contribution is -2.61. The fraction of sp³-hybridized carbons (Fsp3) is 0.818. The Bertz CT molecular complexity index is 314. The van der Waals surface area contributed by atoms with E-state index in [1.807, 2.05) is 0 Å². The number of carbonyl (C=O) groups excluding carboxylic acids is 2. The van der Waals surface area contributed by atoms with E-state index in [-0.39, 0.29) is 25.9 Å². The summed E-state index contributed by atoms with van der Waals surface area (Å²) in [7, 11) is 0. The predicted octanol–water partition coefficient (Wildman–Crippen LogP) is -0.535. The number of aliphatic carboxylic acids is 1. The molecule has 2 N–H and O–H groups in total. The first kappa shape index (κ1) is 13.8. The number of hydrogen-bond donors (Lipinski definition) is 1. The number of piperidine rings is 1. The van der Waals surface area contributed by atoms with Gasteiger partial charge in [-0.1, -0.05) is 0 Å². The van der Waals surface area contributed by atoms with Crippen molar-refractivity contribution >= 4 is 12.1 Å². The van der Waals surface area contributed by atoms with Crippen LogP contribution >= 0.6 is 0 Å². The molecule has 0 spiro atoms. The fourth-order valence-corrected chi connectivity index (χ4v) is 1.62. The summed E-state index contributed by atoms with van der Waals surface area (Å²) >= 11 is 0. The average Bonchev–Trinajstić information content (AvgIpc) is 2.15. The van der Waals surface area contributed by atoms with Crippen LogP contribution in [0.2, 0.25) is 0 Å². The maximum atomic E-state index is 11.7. The van der Waals surface area contributed by atoms with Crippen LogP contribution in [-0.2, 0) is 9.53 Å². The van der Waals surface area contributed by atoms with Crippen LogP contribution in [0.1, 0.15) is 33.6 Å². The van der Waals surface area contributed by atoms with E-state index in [9.17, 15) is 14.7 Å². The third-order valence-electron chi connectivity index (χ3n) is 2.71. The Kier molecular flexibility index (Phi) is 3.66. The van der Waals surface area contributed by atoms with Crippen molar-refractivity contribution in [3.63, 3.8) is 0 Å². The number of ether oxygens (including phenoxy) is 1. The van der Waals surface area contributed by atoms with Gasteiger partial charge in [0.25, 0.3) is 0 Å². The van der Waals surface area contributed by atoms with E-state index in [4.69, 9.17) is 10.5 Å². The van der Waals surface area contributed by atoms with Crippen molar-refractivity contribution in [1.82, 2.24) is 4.90 Å². The standard InChI is InChI=1S/C11H20N2O4/c1-10(2,3)17-9(16)13-6-4-11(12,5-7-13)8(14)15/h4-7,12H2,1-3H3,(H,14,15)/p-1. The Morgan fingerprint density at radius 2 is 1.76 bits per heavy atom. The Morgan fingerprint density at radius 1 is 1.29 bits per heavy atom. The summed E-state index contributed by atoms with van der Waals surface area (Å²) in [5.41, 5.74) is 3.78. The number of likely N-dealkylation sites (tertiary alicyclic amines) is 1. The van der Waals surface area contributed by atoms with E-state index in [2.05, 4.69) is 0 Å². The first-order chi connectivity index (χ1) is 7.64. The van der Waals surface area contributed by atoms with E-state index in [0.717, 1.165) is 0 Å². The van der Waals surface area contributed by atoms with Crippen LogP contribution in [0.3, 0.4) is 0 Å². The molecule has 1 aliphatic heterocycles. The zero-order valence-electron chi connectivity index (χ0n) is 10.5. The molecule has 0 aromatic rings. The van der Waals surface area contributed by atoms with Gasteiger partial charge in [0.15, 0.2) is 0 Å². The number of carbonyl (C=O) groups is 2. The van der Waals surface area contributed by atoms with Crippen molar-refractivity contribution < 1.29 is 19.4 Å². The van der Waals surface area contributed by atoms with E-state index in [0.29, 0.717) is 0 Å². The molecule has 6 heteroatoms. The molecule has 0 bridgehead atoms. The Balaban J connectivity index is 2.53. The smallest absolute Gasteiger partial charge is 0.410 e. The molecule has 0 aromatic heterocycles. The van der Waals surface area contributed by atoms with Gasteiger partial charge in [0, 0.05) is 13.1 Å². The number of rotatable bonds is 1. The van der Waals surface area contributed by atoms with Crippen LogP contribution in [0.4, 0.5) is 4.79 Å². The van der Waals surface area contributed by atoms with Crippen LogP contribution in [-0.4, -0.2) is 41.2 Å². The second kappa shape index (κ2) is 4.52. The zero-order chi connectivity index (χ0) is 13.3. The fourth-order valence-electron chi connectivity index (χ4n) is 1.62. The van der Waals surface area contributed by atoms with Crippen molar-refractivity contribution in [3.05, 3.63) is 0 Å². The minimum Gasteiger partial charge on any atom is -0.548 e. The topological polar surface area (TPSA) is 95.7 Å². The molecule has 0 atom stereocenters. The molecule has 6 nitrogen and oxygen atoms in total. The number of hydrogen-bond acceptors (Lipinski definition) is 5. The third kappa shape index (κ3) is 3.59. The summed E-state index contributed by atoms with van der Waals surface area (Å²) in [6.45, 7) is 5.90. The Hall–Kier alpha value is -1.30. The van der Waals surface area contributed by atoms with Gasteiger partial charge in [-0.3, -0.25) is 0 Å². The Morgan fingerprint density at radius 3 is 2.12 bits per heavy atom. The molecule has 0 radical (unpaired) electrons. The molecular formula is C11H19N2O4-. The normalized spacial score (nSPS) is 19.9. The zero-order valence-corrected chi connectivity index (χ0v) is 10.5. The van der Waals surface area contributed by atoms with Gasteiger partial charge in [-0.2, -0.15) is 0 Å². The van der Waals surface area contributed by atoms with E-state index >= 15 is 0 Å². The molecule has 1 rings (SSSR count). The van der Waals surface area contributed by atoms with Crippen molar-refractivity contribution in [2.24, 2.45) is 5.73 Å². The molecule has 0 aliphatic carbocycles. The largest absolute Gasteiger partial charge is 0.548 e. The highest BCUT2D eigenvalue weighted by Gasteiger charge is 2.35. The minimum atomic E-state index is -1.32. The number of carboxylic acid groups (broad SMARTS) is 1. The minimum absolute atomic E-state index is 0.189. The van der Waals surface area contributed by atoms with Gasteiger partial charge >= 0.3 is 6.09 Å².